The maximum absolute atomic E-state index is 5.57. The molecule has 100 valence electrons. The van der Waals surface area contributed by atoms with Crippen molar-refractivity contribution in [3.05, 3.63) is 12.0 Å². The molecule has 0 N–H and O–H groups in total. The van der Waals surface area contributed by atoms with Crippen LogP contribution in [0.25, 0.3) is 11.1 Å². The van der Waals surface area contributed by atoms with Gasteiger partial charge in [0.15, 0.2) is 0 Å². The normalized spacial score (nSPS) is 26.9. The first-order chi connectivity index (χ1) is 9.27. The summed E-state index contributed by atoms with van der Waals surface area (Å²) in [7, 11) is 0. The van der Waals surface area contributed by atoms with Crippen LogP contribution in [0.15, 0.2) is 10.9 Å². The molecule has 2 fully saturated rings. The summed E-state index contributed by atoms with van der Waals surface area (Å²) in [6.45, 7) is 5.71. The third-order valence-corrected chi connectivity index (χ3v) is 4.35. The highest BCUT2D eigenvalue weighted by atomic mass is 16.5. The van der Waals surface area contributed by atoms with Crippen molar-refractivity contribution >= 4 is 16.9 Å². The molecule has 2 aliphatic heterocycles. The zero-order valence-corrected chi connectivity index (χ0v) is 10.9. The number of rotatable bonds is 1. The van der Waals surface area contributed by atoms with Crippen molar-refractivity contribution in [1.82, 2.24) is 15.1 Å². The molecule has 4 rings (SSSR count). The third kappa shape index (κ3) is 1.63. The van der Waals surface area contributed by atoms with E-state index in [2.05, 4.69) is 20.0 Å². The van der Waals surface area contributed by atoms with Gasteiger partial charge < -0.3 is 14.2 Å². The van der Waals surface area contributed by atoms with Crippen molar-refractivity contribution in [2.75, 3.05) is 31.2 Å². The predicted octanol–water partition coefficient (Wildman–Crippen LogP) is 1.54. The van der Waals surface area contributed by atoms with Crippen LogP contribution in [0.4, 0.5) is 5.82 Å². The molecule has 4 heterocycles. The van der Waals surface area contributed by atoms with Crippen LogP contribution in [0.5, 0.6) is 0 Å². The lowest BCUT2D eigenvalue weighted by Crippen LogP contribution is -2.28. The molecule has 2 aliphatic rings. The summed E-state index contributed by atoms with van der Waals surface area (Å²) in [5.41, 5.74) is 1.75. The van der Waals surface area contributed by atoms with Crippen molar-refractivity contribution in [2.45, 2.75) is 19.8 Å². The van der Waals surface area contributed by atoms with E-state index < -0.39 is 0 Å². The van der Waals surface area contributed by atoms with Gasteiger partial charge in [0.05, 0.1) is 12.3 Å². The van der Waals surface area contributed by atoms with Gasteiger partial charge in [-0.2, -0.15) is 4.98 Å². The Bertz CT molecular complexity index is 618. The Morgan fingerprint density at radius 1 is 1.32 bits per heavy atom. The van der Waals surface area contributed by atoms with E-state index in [4.69, 9.17) is 9.26 Å². The summed E-state index contributed by atoms with van der Waals surface area (Å²) in [5, 5.41) is 4.93. The lowest BCUT2D eigenvalue weighted by Gasteiger charge is -2.22. The predicted molar refractivity (Wildman–Crippen MR) is 69.0 cm³/mol. The lowest BCUT2D eigenvalue weighted by atomic mass is 9.87. The Kier molecular flexibility index (Phi) is 2.29. The zero-order chi connectivity index (χ0) is 12.9. The smallest absolute Gasteiger partial charge is 0.263 e. The summed E-state index contributed by atoms with van der Waals surface area (Å²) < 4.78 is 10.8. The molecule has 0 aromatic carbocycles. The van der Waals surface area contributed by atoms with Gasteiger partial charge in [0, 0.05) is 25.1 Å². The van der Waals surface area contributed by atoms with Crippen molar-refractivity contribution in [2.24, 2.45) is 5.41 Å². The molecule has 19 heavy (non-hydrogen) atoms. The highest BCUT2D eigenvalue weighted by Gasteiger charge is 2.42. The Morgan fingerprint density at radius 3 is 3.11 bits per heavy atom. The molecule has 1 unspecified atom stereocenters. The van der Waals surface area contributed by atoms with Crippen LogP contribution in [0.3, 0.4) is 0 Å². The summed E-state index contributed by atoms with van der Waals surface area (Å²) >= 11 is 0. The van der Waals surface area contributed by atoms with E-state index >= 15 is 0 Å². The van der Waals surface area contributed by atoms with Crippen molar-refractivity contribution < 1.29 is 9.26 Å². The summed E-state index contributed by atoms with van der Waals surface area (Å²) in [6, 6.07) is 0. The topological polar surface area (TPSA) is 64.3 Å². The van der Waals surface area contributed by atoms with Crippen LogP contribution in [-0.2, 0) is 4.74 Å². The number of anilines is 1. The summed E-state index contributed by atoms with van der Waals surface area (Å²) in [5.74, 6) is 0.951. The first-order valence-corrected chi connectivity index (χ1v) is 6.67. The lowest BCUT2D eigenvalue weighted by molar-refractivity contribution is 0.160. The number of ether oxygens (including phenoxy) is 1. The number of nitrogens with zero attached hydrogens (tertiary/aromatic N) is 4. The highest BCUT2D eigenvalue weighted by molar-refractivity contribution is 5.88. The van der Waals surface area contributed by atoms with E-state index in [-0.39, 0.29) is 0 Å². The SMILES string of the molecule is Cc1noc2ncnc(N3CCC4(CCOC4)C3)c12. The molecule has 6 heteroatoms. The Morgan fingerprint density at radius 2 is 2.26 bits per heavy atom. The zero-order valence-electron chi connectivity index (χ0n) is 10.9. The van der Waals surface area contributed by atoms with Crippen LogP contribution in [-0.4, -0.2) is 41.4 Å². The fourth-order valence-electron chi connectivity index (χ4n) is 3.23. The van der Waals surface area contributed by atoms with Crippen molar-refractivity contribution in [3.8, 4) is 0 Å². The number of aromatic nitrogens is 3. The van der Waals surface area contributed by atoms with Crippen LogP contribution < -0.4 is 4.90 Å². The van der Waals surface area contributed by atoms with E-state index in [1.165, 1.54) is 6.42 Å². The molecular formula is C13H16N4O2. The van der Waals surface area contributed by atoms with Gasteiger partial charge in [-0.3, -0.25) is 0 Å². The molecule has 0 saturated carbocycles. The largest absolute Gasteiger partial charge is 0.381 e. The molecule has 1 spiro atoms. The molecule has 0 aliphatic carbocycles. The molecule has 2 saturated heterocycles. The van der Waals surface area contributed by atoms with E-state index in [1.807, 2.05) is 6.92 Å². The van der Waals surface area contributed by atoms with E-state index in [0.29, 0.717) is 11.1 Å². The van der Waals surface area contributed by atoms with Gasteiger partial charge in [-0.1, -0.05) is 5.16 Å². The Balaban J connectivity index is 1.73. The standard InChI is InChI=1S/C13H16N4O2/c1-9-10-11(14-8-15-12(10)19-16-9)17-4-2-13(6-17)3-5-18-7-13/h8H,2-7H2,1H3. The van der Waals surface area contributed by atoms with Crippen LogP contribution in [0.2, 0.25) is 0 Å². The van der Waals surface area contributed by atoms with E-state index in [0.717, 1.165) is 49.6 Å². The van der Waals surface area contributed by atoms with Gasteiger partial charge in [0.1, 0.15) is 17.5 Å². The third-order valence-electron chi connectivity index (χ3n) is 4.35. The number of hydrogen-bond donors (Lipinski definition) is 0. The van der Waals surface area contributed by atoms with Gasteiger partial charge >= 0.3 is 0 Å². The maximum atomic E-state index is 5.57. The van der Waals surface area contributed by atoms with Gasteiger partial charge in [0.2, 0.25) is 0 Å². The maximum Gasteiger partial charge on any atom is 0.263 e. The van der Waals surface area contributed by atoms with Gasteiger partial charge in [-0.15, -0.1) is 0 Å². The minimum absolute atomic E-state index is 0.322. The number of hydrogen-bond acceptors (Lipinski definition) is 6. The molecule has 1 atom stereocenters. The van der Waals surface area contributed by atoms with Gasteiger partial charge in [-0.25, -0.2) is 4.98 Å². The monoisotopic (exact) mass is 260 g/mol. The molecular weight excluding hydrogens is 244 g/mol. The first-order valence-electron chi connectivity index (χ1n) is 6.67. The van der Waals surface area contributed by atoms with E-state index in [1.54, 1.807) is 6.33 Å². The summed E-state index contributed by atoms with van der Waals surface area (Å²) in [4.78, 5) is 10.9. The highest BCUT2D eigenvalue weighted by Crippen LogP contribution is 2.41. The van der Waals surface area contributed by atoms with Crippen LogP contribution in [0.1, 0.15) is 18.5 Å². The second kappa shape index (κ2) is 3.90. The molecule has 6 nitrogen and oxygen atoms in total. The fraction of sp³-hybridized carbons (Fsp3) is 0.615. The second-order valence-corrected chi connectivity index (χ2v) is 5.62. The first kappa shape index (κ1) is 11.2. The minimum Gasteiger partial charge on any atom is -0.381 e. The molecule has 0 radical (unpaired) electrons. The van der Waals surface area contributed by atoms with Gasteiger partial charge in [0.25, 0.3) is 5.71 Å². The molecule has 2 aromatic rings. The minimum atomic E-state index is 0.322. The van der Waals surface area contributed by atoms with Crippen LogP contribution >= 0.6 is 0 Å². The van der Waals surface area contributed by atoms with Gasteiger partial charge in [-0.05, 0) is 19.8 Å². The number of aryl methyl sites for hydroxylation is 1. The number of fused-ring (bicyclic) bond motifs is 1. The Hall–Kier alpha value is -1.69. The second-order valence-electron chi connectivity index (χ2n) is 5.62. The van der Waals surface area contributed by atoms with Crippen molar-refractivity contribution in [3.63, 3.8) is 0 Å². The Labute approximate surface area is 110 Å². The van der Waals surface area contributed by atoms with Crippen molar-refractivity contribution in [1.29, 1.82) is 0 Å². The van der Waals surface area contributed by atoms with E-state index in [9.17, 15) is 0 Å². The van der Waals surface area contributed by atoms with Crippen LogP contribution in [0, 0.1) is 12.3 Å². The fourth-order valence-corrected chi connectivity index (χ4v) is 3.23. The average molecular weight is 260 g/mol. The molecule has 0 amide bonds. The summed E-state index contributed by atoms with van der Waals surface area (Å²) in [6.07, 6.45) is 3.88. The average Bonchev–Trinajstić information content (AvgIpc) is 3.13. The molecule has 2 aromatic heterocycles. The molecule has 0 bridgehead atoms. The quantitative estimate of drug-likeness (QED) is 0.775.